The number of likely N-dealkylation sites (tertiary alicyclic amines) is 1. The summed E-state index contributed by atoms with van der Waals surface area (Å²) >= 11 is 7.18. The van der Waals surface area contributed by atoms with Crippen molar-refractivity contribution in [3.05, 3.63) is 59.1 Å². The summed E-state index contributed by atoms with van der Waals surface area (Å²) in [5.41, 5.74) is -0.297. The maximum atomic E-state index is 14.6. The van der Waals surface area contributed by atoms with E-state index in [2.05, 4.69) is 5.32 Å². The number of sulfone groups is 1. The molecule has 2 aliphatic rings. The molecule has 2 aromatic rings. The number of amides is 3. The molecule has 1 N–H and O–H groups in total. The maximum absolute atomic E-state index is 14.6. The number of nitrogens with zero attached hydrogens (tertiary/aromatic N) is 1. The standard InChI is InChI=1S/C39H52ClN2O16PS2/c1-7-34(44)53-21-26-8-12-28(13-9-26)57-59(48,55-19-18-51-17-16-42-33(43)20-32(60-6)36(42)45)58-35-30(22-52-31(35)23-54-37(46)39(3,4)5)41-38(47)56-25(2)24-61(49,50)29-14-10-27(40)11-15-29/h8-15,25,30-32,35H,7,16-24H2,1-6H3,(H,41,47)/t25?,30-,31-,32?,35?,59?/m1/s1. The predicted octanol–water partition coefficient (Wildman–Crippen LogP) is 5.13. The minimum Gasteiger partial charge on any atom is -0.462 e. The van der Waals surface area contributed by atoms with Crippen molar-refractivity contribution in [2.45, 2.75) is 88.6 Å². The summed E-state index contributed by atoms with van der Waals surface area (Å²) in [6.07, 6.45) is -2.65. The van der Waals surface area contributed by atoms with Crippen molar-refractivity contribution in [3.8, 4) is 5.75 Å². The summed E-state index contributed by atoms with van der Waals surface area (Å²) in [7, 11) is -8.61. The number of hydrogen-bond donors (Lipinski definition) is 1. The number of alkyl carbamates (subject to hydrolysis) is 1. The molecular formula is C39H52ClN2O16PS2. The molecule has 0 spiro atoms. The van der Waals surface area contributed by atoms with Crippen LogP contribution in [0.3, 0.4) is 0 Å². The number of halogens is 1. The van der Waals surface area contributed by atoms with Crippen LogP contribution in [0.25, 0.3) is 0 Å². The third-order valence-electron chi connectivity index (χ3n) is 8.99. The molecule has 22 heteroatoms. The zero-order chi connectivity index (χ0) is 45.0. The van der Waals surface area contributed by atoms with Crippen LogP contribution in [-0.4, -0.2) is 124 Å². The summed E-state index contributed by atoms with van der Waals surface area (Å²) in [6.45, 7) is 6.71. The zero-order valence-corrected chi connectivity index (χ0v) is 38.0. The summed E-state index contributed by atoms with van der Waals surface area (Å²) < 4.78 is 85.6. The largest absolute Gasteiger partial charge is 0.530 e. The van der Waals surface area contributed by atoms with E-state index in [1.807, 2.05) is 0 Å². The Morgan fingerprint density at radius 1 is 1.03 bits per heavy atom. The molecule has 3 amide bonds. The molecule has 18 nitrogen and oxygen atoms in total. The highest BCUT2D eigenvalue weighted by atomic mass is 35.5. The van der Waals surface area contributed by atoms with Crippen molar-refractivity contribution >= 4 is 70.9 Å². The van der Waals surface area contributed by atoms with E-state index in [4.69, 9.17) is 48.9 Å². The minimum absolute atomic E-state index is 0.00278. The van der Waals surface area contributed by atoms with Gasteiger partial charge in [0.1, 0.15) is 37.3 Å². The Morgan fingerprint density at radius 3 is 2.34 bits per heavy atom. The first kappa shape index (κ1) is 49.9. The van der Waals surface area contributed by atoms with Gasteiger partial charge in [-0.25, -0.2) is 17.8 Å². The molecule has 2 aromatic carbocycles. The van der Waals surface area contributed by atoms with E-state index in [1.54, 1.807) is 46.1 Å². The summed E-state index contributed by atoms with van der Waals surface area (Å²) in [4.78, 5) is 63.4. The average molecular weight is 935 g/mol. The molecule has 2 heterocycles. The fourth-order valence-corrected chi connectivity index (χ4v) is 9.32. The van der Waals surface area contributed by atoms with Crippen LogP contribution in [0.2, 0.25) is 5.02 Å². The molecule has 6 atom stereocenters. The molecule has 61 heavy (non-hydrogen) atoms. The van der Waals surface area contributed by atoms with E-state index in [9.17, 15) is 37.0 Å². The lowest BCUT2D eigenvalue weighted by Gasteiger charge is -2.28. The monoisotopic (exact) mass is 934 g/mol. The first-order valence-corrected chi connectivity index (χ1v) is 24.1. The number of carbonyl (C=O) groups excluding carboxylic acids is 5. The molecule has 2 fully saturated rings. The van der Waals surface area contributed by atoms with Gasteiger partial charge in [0.05, 0.1) is 60.3 Å². The third kappa shape index (κ3) is 15.2. The van der Waals surface area contributed by atoms with Crippen molar-refractivity contribution in [1.82, 2.24) is 10.2 Å². The Bertz CT molecular complexity index is 2000. The van der Waals surface area contributed by atoms with E-state index in [-0.39, 0.29) is 74.9 Å². The van der Waals surface area contributed by atoms with Crippen LogP contribution in [0.5, 0.6) is 5.75 Å². The number of hydrogen-bond acceptors (Lipinski definition) is 17. The van der Waals surface area contributed by atoms with Crippen molar-refractivity contribution in [2.75, 3.05) is 51.6 Å². The van der Waals surface area contributed by atoms with Gasteiger partial charge in [0.15, 0.2) is 9.84 Å². The Morgan fingerprint density at radius 2 is 1.72 bits per heavy atom. The highest BCUT2D eigenvalue weighted by molar-refractivity contribution is 8.00. The lowest BCUT2D eigenvalue weighted by molar-refractivity contribution is -0.157. The lowest BCUT2D eigenvalue weighted by Crippen LogP contribution is -2.47. The third-order valence-corrected chi connectivity index (χ3v) is 13.5. The highest BCUT2D eigenvalue weighted by Crippen LogP contribution is 2.52. The van der Waals surface area contributed by atoms with Crippen molar-refractivity contribution in [1.29, 1.82) is 0 Å². The normalized spacial score (nSPS) is 20.8. The molecule has 2 aliphatic heterocycles. The van der Waals surface area contributed by atoms with Gasteiger partial charge in [-0.1, -0.05) is 30.7 Å². The number of carbonyl (C=O) groups is 5. The fourth-order valence-electron chi connectivity index (χ4n) is 5.71. The molecule has 0 radical (unpaired) electrons. The second-order valence-electron chi connectivity index (χ2n) is 14.9. The molecule has 0 saturated carbocycles. The van der Waals surface area contributed by atoms with Gasteiger partial charge in [-0.3, -0.25) is 33.1 Å². The maximum Gasteiger partial charge on any atom is 0.530 e. The molecule has 338 valence electrons. The van der Waals surface area contributed by atoms with E-state index in [0.717, 1.165) is 4.90 Å². The molecule has 0 aliphatic carbocycles. The second-order valence-corrected chi connectivity index (χ2v) is 20.0. The average Bonchev–Trinajstić information content (AvgIpc) is 3.69. The van der Waals surface area contributed by atoms with E-state index < -0.39 is 83.1 Å². The smallest absolute Gasteiger partial charge is 0.462 e. The Kier molecular flexibility index (Phi) is 18.5. The van der Waals surface area contributed by atoms with Gasteiger partial charge in [0.25, 0.3) is 0 Å². The number of imide groups is 1. The Balaban J connectivity index is 1.50. The highest BCUT2D eigenvalue weighted by Gasteiger charge is 2.47. The zero-order valence-electron chi connectivity index (χ0n) is 34.7. The molecular weight excluding hydrogens is 883 g/mol. The Hall–Kier alpha value is -3.75. The fraction of sp³-hybridized carbons (Fsp3) is 0.564. The molecule has 4 rings (SSSR count). The summed E-state index contributed by atoms with van der Waals surface area (Å²) in [5, 5.41) is 2.46. The molecule has 2 saturated heterocycles. The predicted molar refractivity (Wildman–Crippen MR) is 222 cm³/mol. The van der Waals surface area contributed by atoms with Gasteiger partial charge in [0, 0.05) is 17.9 Å². The number of benzene rings is 2. The van der Waals surface area contributed by atoms with Gasteiger partial charge < -0.3 is 33.5 Å². The number of ether oxygens (including phenoxy) is 5. The first-order valence-electron chi connectivity index (χ1n) is 19.3. The minimum atomic E-state index is -4.72. The quantitative estimate of drug-likeness (QED) is 0.0531. The van der Waals surface area contributed by atoms with Crippen LogP contribution >= 0.6 is 31.2 Å². The summed E-state index contributed by atoms with van der Waals surface area (Å²) in [6, 6.07) is 10.4. The van der Waals surface area contributed by atoms with Gasteiger partial charge in [-0.05, 0) is 75.9 Å². The van der Waals surface area contributed by atoms with Gasteiger partial charge in [0.2, 0.25) is 11.8 Å². The molecule has 0 aromatic heterocycles. The van der Waals surface area contributed by atoms with E-state index in [0.29, 0.717) is 10.6 Å². The molecule has 0 bridgehead atoms. The van der Waals surface area contributed by atoms with E-state index in [1.165, 1.54) is 55.1 Å². The number of esters is 2. The van der Waals surface area contributed by atoms with Gasteiger partial charge in [-0.15, -0.1) is 0 Å². The number of phosphoric ester groups is 1. The van der Waals surface area contributed by atoms with E-state index >= 15 is 0 Å². The first-order chi connectivity index (χ1) is 28.7. The lowest BCUT2D eigenvalue weighted by atomic mass is 9.97. The summed E-state index contributed by atoms with van der Waals surface area (Å²) in [5.74, 6) is -2.14. The number of thioether (sulfide) groups is 1. The second kappa shape index (κ2) is 22.6. The number of rotatable bonds is 22. The van der Waals surface area contributed by atoms with Crippen LogP contribution in [0.15, 0.2) is 53.4 Å². The number of phosphoric acid groups is 1. The van der Waals surface area contributed by atoms with Crippen LogP contribution < -0.4 is 9.84 Å². The van der Waals surface area contributed by atoms with Gasteiger partial charge in [-0.2, -0.15) is 11.8 Å². The molecule has 4 unspecified atom stereocenters. The van der Waals surface area contributed by atoms with Crippen LogP contribution in [0, 0.1) is 5.41 Å². The Labute approximate surface area is 364 Å². The SMILES string of the molecule is CCC(=O)OCc1ccc(OP(=O)(OCCOCCN2C(=O)CC(SC)C2=O)OC2[C@H](NC(=O)OC(C)CS(=O)(=O)c3ccc(Cl)cc3)CO[C@@H]2COC(=O)C(C)(C)C)cc1. The van der Waals surface area contributed by atoms with Crippen molar-refractivity contribution in [2.24, 2.45) is 5.41 Å². The van der Waals surface area contributed by atoms with Crippen LogP contribution in [0.4, 0.5) is 4.79 Å². The van der Waals surface area contributed by atoms with Crippen LogP contribution in [-0.2, 0) is 72.9 Å². The topological polar surface area (TPSA) is 226 Å². The van der Waals surface area contributed by atoms with Gasteiger partial charge >= 0.3 is 25.9 Å². The van der Waals surface area contributed by atoms with Crippen molar-refractivity contribution < 1.29 is 74.2 Å². The van der Waals surface area contributed by atoms with Crippen LogP contribution in [0.1, 0.15) is 53.0 Å². The van der Waals surface area contributed by atoms with Crippen molar-refractivity contribution in [3.63, 3.8) is 0 Å². The number of nitrogens with one attached hydrogen (secondary N) is 1.